The molecule has 1 aromatic rings. The number of nitrogens with one attached hydrogen (secondary N) is 1. The quantitative estimate of drug-likeness (QED) is 0.806. The van der Waals surface area contributed by atoms with Gasteiger partial charge in [0.1, 0.15) is 12.0 Å². The SMILES string of the molecule is CNC(CC=O)CC1Cc2cccc(OC)c21.Cl. The van der Waals surface area contributed by atoms with Gasteiger partial charge in [-0.1, -0.05) is 12.1 Å². The number of benzene rings is 1. The number of fused-ring (bicyclic) bond motifs is 1. The van der Waals surface area contributed by atoms with Gasteiger partial charge in [-0.15, -0.1) is 12.4 Å². The van der Waals surface area contributed by atoms with Crippen molar-refractivity contribution in [3.63, 3.8) is 0 Å². The Morgan fingerprint density at radius 1 is 1.56 bits per heavy atom. The van der Waals surface area contributed by atoms with Crippen LogP contribution in [0.5, 0.6) is 5.75 Å². The summed E-state index contributed by atoms with van der Waals surface area (Å²) in [6.07, 6.45) is 3.67. The lowest BCUT2D eigenvalue weighted by molar-refractivity contribution is -0.108. The fourth-order valence-electron chi connectivity index (χ4n) is 2.64. The van der Waals surface area contributed by atoms with E-state index in [0.29, 0.717) is 12.3 Å². The van der Waals surface area contributed by atoms with Gasteiger partial charge in [0.15, 0.2) is 0 Å². The van der Waals surface area contributed by atoms with Crippen molar-refractivity contribution in [3.8, 4) is 5.75 Å². The topological polar surface area (TPSA) is 38.3 Å². The van der Waals surface area contributed by atoms with Gasteiger partial charge in [-0.3, -0.25) is 0 Å². The maximum absolute atomic E-state index is 10.6. The second-order valence-corrected chi connectivity index (χ2v) is 4.56. The molecular formula is C14H20ClNO2. The highest BCUT2D eigenvalue weighted by molar-refractivity contribution is 5.85. The summed E-state index contributed by atoms with van der Waals surface area (Å²) in [5.41, 5.74) is 2.72. The number of ether oxygens (including phenoxy) is 1. The van der Waals surface area contributed by atoms with E-state index in [9.17, 15) is 4.79 Å². The summed E-state index contributed by atoms with van der Waals surface area (Å²) in [7, 11) is 3.63. The van der Waals surface area contributed by atoms with Crippen molar-refractivity contribution >= 4 is 18.7 Å². The second-order valence-electron chi connectivity index (χ2n) is 4.56. The minimum atomic E-state index is 0. The van der Waals surface area contributed by atoms with Gasteiger partial charge >= 0.3 is 0 Å². The number of hydrogen-bond donors (Lipinski definition) is 1. The normalized spacial score (nSPS) is 18.0. The standard InChI is InChI=1S/C14H19NO2.ClH/c1-15-12(6-7-16)9-11-8-10-4-3-5-13(17-2)14(10)11;/h3-5,7,11-12,15H,6,8-9H2,1-2H3;1H. The van der Waals surface area contributed by atoms with Crippen LogP contribution in [0, 0.1) is 0 Å². The van der Waals surface area contributed by atoms with Crippen molar-refractivity contribution in [1.29, 1.82) is 0 Å². The largest absolute Gasteiger partial charge is 0.496 e. The first-order valence-electron chi connectivity index (χ1n) is 6.06. The molecule has 0 spiro atoms. The first-order chi connectivity index (χ1) is 8.30. The molecule has 0 saturated carbocycles. The van der Waals surface area contributed by atoms with Gasteiger partial charge in [0, 0.05) is 18.0 Å². The number of hydrogen-bond acceptors (Lipinski definition) is 3. The van der Waals surface area contributed by atoms with E-state index in [0.717, 1.165) is 24.9 Å². The van der Waals surface area contributed by atoms with E-state index >= 15 is 0 Å². The molecule has 4 heteroatoms. The lowest BCUT2D eigenvalue weighted by Gasteiger charge is -2.34. The Morgan fingerprint density at radius 3 is 2.94 bits per heavy atom. The van der Waals surface area contributed by atoms with Gasteiger partial charge in [-0.05, 0) is 37.4 Å². The molecule has 0 saturated heterocycles. The molecule has 2 atom stereocenters. The van der Waals surface area contributed by atoms with Gasteiger partial charge in [0.05, 0.1) is 7.11 Å². The summed E-state index contributed by atoms with van der Waals surface area (Å²) in [6.45, 7) is 0. The van der Waals surface area contributed by atoms with Crippen molar-refractivity contribution in [3.05, 3.63) is 29.3 Å². The maximum Gasteiger partial charge on any atom is 0.122 e. The predicted octanol–water partition coefficient (Wildman–Crippen LogP) is 2.32. The molecule has 0 radical (unpaired) electrons. The first-order valence-corrected chi connectivity index (χ1v) is 6.06. The Morgan fingerprint density at radius 2 is 2.33 bits per heavy atom. The minimum Gasteiger partial charge on any atom is -0.496 e. The summed E-state index contributed by atoms with van der Waals surface area (Å²) < 4.78 is 5.39. The van der Waals surface area contributed by atoms with Crippen molar-refractivity contribution < 1.29 is 9.53 Å². The Bertz CT molecular complexity index is 409. The molecule has 0 heterocycles. The molecule has 1 aliphatic rings. The highest BCUT2D eigenvalue weighted by Crippen LogP contribution is 2.44. The summed E-state index contributed by atoms with van der Waals surface area (Å²) in [4.78, 5) is 10.6. The van der Waals surface area contributed by atoms with Gasteiger partial charge in [-0.25, -0.2) is 0 Å². The molecule has 100 valence electrons. The van der Waals surface area contributed by atoms with Crippen LogP contribution in [0.15, 0.2) is 18.2 Å². The summed E-state index contributed by atoms with van der Waals surface area (Å²) in [5, 5.41) is 3.20. The van der Waals surface area contributed by atoms with Crippen molar-refractivity contribution in [1.82, 2.24) is 5.32 Å². The monoisotopic (exact) mass is 269 g/mol. The van der Waals surface area contributed by atoms with Crippen LogP contribution in [0.1, 0.15) is 29.9 Å². The lowest BCUT2D eigenvalue weighted by atomic mass is 9.73. The number of methoxy groups -OCH3 is 1. The van der Waals surface area contributed by atoms with Gasteiger partial charge in [0.25, 0.3) is 0 Å². The lowest BCUT2D eigenvalue weighted by Crippen LogP contribution is -2.31. The van der Waals surface area contributed by atoms with Crippen LogP contribution in [-0.2, 0) is 11.2 Å². The van der Waals surface area contributed by atoms with E-state index in [1.54, 1.807) is 7.11 Å². The molecule has 0 fully saturated rings. The van der Waals surface area contributed by atoms with E-state index < -0.39 is 0 Å². The molecule has 1 aliphatic carbocycles. The van der Waals surface area contributed by atoms with E-state index in [1.165, 1.54) is 11.1 Å². The Hall–Kier alpha value is -1.06. The molecule has 0 amide bonds. The smallest absolute Gasteiger partial charge is 0.122 e. The van der Waals surface area contributed by atoms with Crippen LogP contribution < -0.4 is 10.1 Å². The molecule has 3 nitrogen and oxygen atoms in total. The third kappa shape index (κ3) is 2.85. The summed E-state index contributed by atoms with van der Waals surface area (Å²) in [5.74, 6) is 1.51. The molecule has 0 aromatic heterocycles. The Balaban J connectivity index is 0.00000162. The zero-order chi connectivity index (χ0) is 12.3. The molecule has 18 heavy (non-hydrogen) atoms. The van der Waals surface area contributed by atoms with Crippen LogP contribution in [0.25, 0.3) is 0 Å². The average Bonchev–Trinajstić information content (AvgIpc) is 2.33. The van der Waals surface area contributed by atoms with Crippen LogP contribution in [-0.4, -0.2) is 26.5 Å². The number of carbonyl (C=O) groups is 1. The van der Waals surface area contributed by atoms with E-state index in [-0.39, 0.29) is 18.4 Å². The van der Waals surface area contributed by atoms with Gasteiger partial charge in [-0.2, -0.15) is 0 Å². The molecule has 1 N–H and O–H groups in total. The summed E-state index contributed by atoms with van der Waals surface area (Å²) >= 11 is 0. The highest BCUT2D eigenvalue weighted by atomic mass is 35.5. The number of rotatable bonds is 6. The first kappa shape index (κ1) is 15.0. The van der Waals surface area contributed by atoms with E-state index in [1.807, 2.05) is 19.2 Å². The molecule has 2 rings (SSSR count). The Labute approximate surface area is 114 Å². The predicted molar refractivity (Wildman–Crippen MR) is 74.8 cm³/mol. The van der Waals surface area contributed by atoms with Gasteiger partial charge < -0.3 is 14.8 Å². The molecule has 1 aromatic carbocycles. The van der Waals surface area contributed by atoms with E-state index in [2.05, 4.69) is 11.4 Å². The molecule has 0 bridgehead atoms. The molecular weight excluding hydrogens is 250 g/mol. The van der Waals surface area contributed by atoms with Crippen LogP contribution >= 0.6 is 12.4 Å². The fourth-order valence-corrected chi connectivity index (χ4v) is 2.64. The zero-order valence-electron chi connectivity index (χ0n) is 10.8. The minimum absolute atomic E-state index is 0. The molecule has 2 unspecified atom stereocenters. The third-order valence-corrected chi connectivity index (χ3v) is 3.61. The number of aldehydes is 1. The summed E-state index contributed by atoms with van der Waals surface area (Å²) in [6, 6.07) is 6.48. The van der Waals surface area contributed by atoms with Crippen LogP contribution in [0.4, 0.5) is 0 Å². The number of carbonyl (C=O) groups excluding carboxylic acids is 1. The van der Waals surface area contributed by atoms with Gasteiger partial charge in [0.2, 0.25) is 0 Å². The van der Waals surface area contributed by atoms with Crippen molar-refractivity contribution in [2.24, 2.45) is 0 Å². The maximum atomic E-state index is 10.6. The third-order valence-electron chi connectivity index (χ3n) is 3.61. The Kier molecular flexibility index (Phi) is 5.63. The van der Waals surface area contributed by atoms with Crippen LogP contribution in [0.3, 0.4) is 0 Å². The highest BCUT2D eigenvalue weighted by Gasteiger charge is 2.31. The van der Waals surface area contributed by atoms with Crippen LogP contribution in [0.2, 0.25) is 0 Å². The number of halogens is 1. The van der Waals surface area contributed by atoms with Crippen molar-refractivity contribution in [2.75, 3.05) is 14.2 Å². The molecule has 0 aliphatic heterocycles. The average molecular weight is 270 g/mol. The van der Waals surface area contributed by atoms with E-state index in [4.69, 9.17) is 4.74 Å². The second kappa shape index (κ2) is 6.76. The fraction of sp³-hybridized carbons (Fsp3) is 0.500. The zero-order valence-corrected chi connectivity index (χ0v) is 11.6. The van der Waals surface area contributed by atoms with Crippen molar-refractivity contribution in [2.45, 2.75) is 31.2 Å².